The van der Waals surface area contributed by atoms with E-state index >= 15 is 0 Å². The van der Waals surface area contributed by atoms with Crippen LogP contribution in [0.15, 0.2) is 48.5 Å². The van der Waals surface area contributed by atoms with Crippen LogP contribution in [0.5, 0.6) is 0 Å². The number of rotatable bonds is 10. The van der Waals surface area contributed by atoms with Crippen LogP contribution >= 0.6 is 0 Å². The van der Waals surface area contributed by atoms with E-state index in [-0.39, 0.29) is 23.3 Å². The second-order valence-electron chi connectivity index (χ2n) is 11.7. The highest BCUT2D eigenvalue weighted by atomic mass is 32.2. The molecule has 1 aliphatic heterocycles. The highest BCUT2D eigenvalue weighted by Crippen LogP contribution is 2.27. The number of benzene rings is 2. The highest BCUT2D eigenvalue weighted by Gasteiger charge is 2.33. The molecule has 1 unspecified atom stereocenters. The van der Waals surface area contributed by atoms with Crippen molar-refractivity contribution in [2.45, 2.75) is 71.2 Å². The van der Waals surface area contributed by atoms with E-state index < -0.39 is 32.9 Å². The van der Waals surface area contributed by atoms with Gasteiger partial charge in [0.05, 0.1) is 11.3 Å². The molecule has 0 saturated carbocycles. The zero-order valence-electron chi connectivity index (χ0n) is 23.0. The van der Waals surface area contributed by atoms with E-state index in [0.29, 0.717) is 24.1 Å². The summed E-state index contributed by atoms with van der Waals surface area (Å²) in [5, 5.41) is 2.49. The molecule has 1 fully saturated rings. The molecule has 2 N–H and O–H groups in total. The van der Waals surface area contributed by atoms with Gasteiger partial charge in [-0.25, -0.2) is 21.9 Å². The number of hydrogen-bond acceptors (Lipinski definition) is 4. The summed E-state index contributed by atoms with van der Waals surface area (Å²) in [6.45, 7) is 11.6. The number of carbonyl (C=O) groups excluding carboxylic acids is 1. The summed E-state index contributed by atoms with van der Waals surface area (Å²) in [4.78, 5) is 15.3. The summed E-state index contributed by atoms with van der Waals surface area (Å²) in [5.74, 6) is -0.837. The number of sulfonamides is 1. The number of halogens is 2. The van der Waals surface area contributed by atoms with Crippen LogP contribution in [0, 0.1) is 23.0 Å². The van der Waals surface area contributed by atoms with Gasteiger partial charge in [0, 0.05) is 19.0 Å². The van der Waals surface area contributed by atoms with Crippen molar-refractivity contribution < 1.29 is 22.0 Å². The largest absolute Gasteiger partial charge is 0.345 e. The molecule has 1 heterocycles. The fraction of sp³-hybridized carbons (Fsp3) is 0.552. The number of likely N-dealkylation sites (tertiary alicyclic amines) is 1. The van der Waals surface area contributed by atoms with E-state index in [2.05, 4.69) is 14.9 Å². The van der Waals surface area contributed by atoms with Crippen molar-refractivity contribution in [3.63, 3.8) is 0 Å². The number of carbonyl (C=O) groups is 1. The molecule has 2 aromatic carbocycles. The second-order valence-corrected chi connectivity index (χ2v) is 14.0. The Morgan fingerprint density at radius 1 is 1.00 bits per heavy atom. The van der Waals surface area contributed by atoms with Crippen LogP contribution in [0.1, 0.15) is 71.0 Å². The number of hydrogen-bond donors (Lipinski definition) is 2. The number of nitrogens with zero attached hydrogens (tertiary/aromatic N) is 1. The quantitative estimate of drug-likeness (QED) is 0.437. The van der Waals surface area contributed by atoms with Gasteiger partial charge in [-0.3, -0.25) is 4.79 Å². The van der Waals surface area contributed by atoms with Crippen molar-refractivity contribution >= 4 is 15.9 Å². The van der Waals surface area contributed by atoms with E-state index in [9.17, 15) is 22.0 Å². The Morgan fingerprint density at radius 2 is 1.53 bits per heavy atom. The maximum atomic E-state index is 13.9. The molecule has 0 aliphatic carbocycles. The number of nitrogens with one attached hydrogen (secondary N) is 2. The zero-order valence-corrected chi connectivity index (χ0v) is 23.8. The Labute approximate surface area is 226 Å². The Bertz CT molecular complexity index is 1140. The third-order valence-corrected chi connectivity index (χ3v) is 9.12. The van der Waals surface area contributed by atoms with Crippen LogP contribution in [0.4, 0.5) is 8.78 Å². The summed E-state index contributed by atoms with van der Waals surface area (Å²) in [6, 6.07) is 11.1. The molecule has 6 nitrogen and oxygen atoms in total. The van der Waals surface area contributed by atoms with E-state index in [4.69, 9.17) is 0 Å². The van der Waals surface area contributed by atoms with Gasteiger partial charge in [0.15, 0.2) is 0 Å². The lowest BCUT2D eigenvalue weighted by atomic mass is 9.86. The maximum absolute atomic E-state index is 13.9. The fourth-order valence-electron chi connectivity index (χ4n) is 4.67. The molecule has 1 aliphatic rings. The fourth-order valence-corrected chi connectivity index (χ4v) is 5.76. The Morgan fingerprint density at radius 3 is 1.97 bits per heavy atom. The minimum Gasteiger partial charge on any atom is -0.345 e. The summed E-state index contributed by atoms with van der Waals surface area (Å²) in [6.07, 6.45) is 1.94. The van der Waals surface area contributed by atoms with Crippen molar-refractivity contribution in [1.82, 2.24) is 14.9 Å². The van der Waals surface area contributed by atoms with Crippen LogP contribution in [0.3, 0.4) is 0 Å². The summed E-state index contributed by atoms with van der Waals surface area (Å²) < 4.78 is 55.8. The van der Waals surface area contributed by atoms with Crippen molar-refractivity contribution in [2.24, 2.45) is 11.3 Å². The third-order valence-electron chi connectivity index (χ3n) is 7.26. The van der Waals surface area contributed by atoms with Gasteiger partial charge in [0.25, 0.3) is 0 Å². The van der Waals surface area contributed by atoms with Gasteiger partial charge in [0.1, 0.15) is 11.6 Å². The van der Waals surface area contributed by atoms with Crippen LogP contribution < -0.4 is 10.0 Å². The van der Waals surface area contributed by atoms with Gasteiger partial charge < -0.3 is 10.2 Å². The first kappa shape index (κ1) is 30.2. The van der Waals surface area contributed by atoms with Crippen molar-refractivity contribution in [3.8, 4) is 0 Å². The van der Waals surface area contributed by atoms with Gasteiger partial charge in [-0.2, -0.15) is 0 Å². The molecule has 9 heteroatoms. The van der Waals surface area contributed by atoms with E-state index in [1.165, 1.54) is 24.3 Å². The van der Waals surface area contributed by atoms with E-state index in [1.807, 2.05) is 20.8 Å². The predicted molar refractivity (Wildman–Crippen MR) is 147 cm³/mol. The molecule has 0 radical (unpaired) electrons. The monoisotopic (exact) mass is 549 g/mol. The SMILES string of the molecule is CC(C)S(=O)(=O)NC(CN1CCC(CC(=O)NC(c2cccc(F)c2)c2cccc(F)c2)CC1)C(C)(C)C. The molecule has 210 valence electrons. The van der Waals surface area contributed by atoms with Gasteiger partial charge >= 0.3 is 0 Å². The Kier molecular flexibility index (Phi) is 10.1. The minimum atomic E-state index is -3.40. The standard InChI is InChI=1S/C29H41F2N3O3S/c1-20(2)38(36,37)33-26(29(3,4)5)19-34-14-12-21(13-15-34)16-27(35)32-28(22-8-6-10-24(30)17-22)23-9-7-11-25(31)18-23/h6-11,17-18,20-21,26,28,33H,12-16,19H2,1-5H3,(H,32,35). The normalized spacial score (nSPS) is 16.7. The molecule has 1 saturated heterocycles. The first-order valence-corrected chi connectivity index (χ1v) is 14.8. The van der Waals surface area contributed by atoms with E-state index in [0.717, 1.165) is 25.9 Å². The lowest BCUT2D eigenvalue weighted by molar-refractivity contribution is -0.122. The molecule has 1 atom stereocenters. The summed E-state index contributed by atoms with van der Waals surface area (Å²) in [5.41, 5.74) is 0.855. The topological polar surface area (TPSA) is 78.5 Å². The van der Waals surface area contributed by atoms with E-state index in [1.54, 1.807) is 38.1 Å². The lowest BCUT2D eigenvalue weighted by Gasteiger charge is -2.39. The molecule has 0 spiro atoms. The lowest BCUT2D eigenvalue weighted by Crippen LogP contribution is -2.53. The van der Waals surface area contributed by atoms with Gasteiger partial charge in [-0.15, -0.1) is 0 Å². The van der Waals surface area contributed by atoms with Crippen LogP contribution in [0.2, 0.25) is 0 Å². The predicted octanol–water partition coefficient (Wildman–Crippen LogP) is 5.02. The number of piperidine rings is 1. The molecule has 2 aromatic rings. The molecule has 0 aromatic heterocycles. The zero-order chi connectivity index (χ0) is 28.1. The van der Waals surface area contributed by atoms with Crippen molar-refractivity contribution in [1.29, 1.82) is 0 Å². The van der Waals surface area contributed by atoms with Gasteiger partial charge in [-0.1, -0.05) is 45.0 Å². The summed E-state index contributed by atoms with van der Waals surface area (Å²) in [7, 11) is -3.40. The Hall–Kier alpha value is -2.36. The minimum absolute atomic E-state index is 0.167. The highest BCUT2D eigenvalue weighted by molar-refractivity contribution is 7.90. The Balaban J connectivity index is 1.60. The first-order valence-electron chi connectivity index (χ1n) is 13.3. The van der Waals surface area contributed by atoms with Crippen LogP contribution in [-0.2, 0) is 14.8 Å². The molecule has 0 bridgehead atoms. The average Bonchev–Trinajstić information content (AvgIpc) is 2.82. The van der Waals surface area contributed by atoms with Gasteiger partial charge in [0.2, 0.25) is 15.9 Å². The smallest absolute Gasteiger partial charge is 0.221 e. The van der Waals surface area contributed by atoms with Gasteiger partial charge in [-0.05, 0) is 86.5 Å². The average molecular weight is 550 g/mol. The first-order chi connectivity index (χ1) is 17.7. The number of amides is 1. The summed E-state index contributed by atoms with van der Waals surface area (Å²) >= 11 is 0. The second kappa shape index (κ2) is 12.7. The van der Waals surface area contributed by atoms with Crippen LogP contribution in [0.25, 0.3) is 0 Å². The molecule has 1 amide bonds. The molecular weight excluding hydrogens is 508 g/mol. The molecular formula is C29H41F2N3O3S. The molecule has 3 rings (SSSR count). The van der Waals surface area contributed by atoms with Crippen molar-refractivity contribution in [3.05, 3.63) is 71.3 Å². The van der Waals surface area contributed by atoms with Crippen LogP contribution in [-0.4, -0.2) is 50.2 Å². The maximum Gasteiger partial charge on any atom is 0.221 e. The third kappa shape index (κ3) is 8.58. The van der Waals surface area contributed by atoms with Crippen molar-refractivity contribution in [2.75, 3.05) is 19.6 Å². The molecule has 38 heavy (non-hydrogen) atoms.